The maximum absolute atomic E-state index is 9.97. The Kier molecular flexibility index (Phi) is 7.01. The number of amides is 1. The predicted molar refractivity (Wildman–Crippen MR) is 61.8 cm³/mol. The number of ether oxygens (including phenoxy) is 1. The van der Waals surface area contributed by atoms with E-state index in [1.807, 2.05) is 6.92 Å². The molecular weight excluding hydrogens is 198 g/mol. The first-order valence-corrected chi connectivity index (χ1v) is 5.41. The first kappa shape index (κ1) is 13.8. The van der Waals surface area contributed by atoms with Crippen molar-refractivity contribution in [1.82, 2.24) is 5.32 Å². The summed E-state index contributed by atoms with van der Waals surface area (Å²) in [5.41, 5.74) is 0. The maximum Gasteiger partial charge on any atom is 0.207 e. The van der Waals surface area contributed by atoms with Gasteiger partial charge >= 0.3 is 0 Å². The number of nitrogens with one attached hydrogen (secondary N) is 1. The molecule has 0 radical (unpaired) electrons. The van der Waals surface area contributed by atoms with E-state index in [1.54, 1.807) is 0 Å². The van der Waals surface area contributed by atoms with Crippen LogP contribution in [0.4, 0.5) is 0 Å². The van der Waals surface area contributed by atoms with E-state index in [0.29, 0.717) is 13.0 Å². The predicted octanol–water partition coefficient (Wildman–Crippen LogP) is 1.63. The second-order valence-corrected chi connectivity index (χ2v) is 5.32. The van der Waals surface area contributed by atoms with E-state index >= 15 is 0 Å². The number of rotatable bonds is 8. The van der Waals surface area contributed by atoms with Gasteiger partial charge in [-0.1, -0.05) is 13.8 Å². The lowest BCUT2D eigenvalue weighted by Gasteiger charge is -2.19. The number of hydrogen-bond donors (Lipinski definition) is 2. The Balaban J connectivity index is 3.35. The molecule has 1 amide bonds. The maximum atomic E-state index is 9.97. The van der Waals surface area contributed by atoms with Gasteiger partial charge in [-0.15, -0.1) is 0 Å². The van der Waals surface area contributed by atoms with Crippen LogP contribution in [0.25, 0.3) is 0 Å². The Morgan fingerprint density at radius 1 is 1.57 bits per heavy atom. The minimum Gasteiger partial charge on any atom is -0.378 e. The molecule has 0 heterocycles. The molecule has 14 heavy (non-hydrogen) atoms. The largest absolute Gasteiger partial charge is 0.378 e. The average molecular weight is 219 g/mol. The number of hydrogen-bond acceptors (Lipinski definition) is 3. The van der Waals surface area contributed by atoms with Crippen molar-refractivity contribution in [2.75, 3.05) is 13.2 Å². The van der Waals surface area contributed by atoms with Gasteiger partial charge in [0, 0.05) is 17.9 Å². The van der Waals surface area contributed by atoms with Crippen molar-refractivity contribution < 1.29 is 9.53 Å². The van der Waals surface area contributed by atoms with E-state index < -0.39 is 0 Å². The van der Waals surface area contributed by atoms with Gasteiger partial charge in [-0.2, -0.15) is 12.6 Å². The van der Waals surface area contributed by atoms with Crippen molar-refractivity contribution in [3.8, 4) is 0 Å². The smallest absolute Gasteiger partial charge is 0.207 e. The summed E-state index contributed by atoms with van der Waals surface area (Å²) in [7, 11) is 0. The lowest BCUT2D eigenvalue weighted by atomic mass is 10.1. The third-order valence-corrected chi connectivity index (χ3v) is 2.12. The molecule has 4 heteroatoms. The topological polar surface area (TPSA) is 38.3 Å². The molecule has 0 aliphatic rings. The van der Waals surface area contributed by atoms with E-state index in [4.69, 9.17) is 4.74 Å². The molecule has 1 atom stereocenters. The Morgan fingerprint density at radius 3 is 2.71 bits per heavy atom. The lowest BCUT2D eigenvalue weighted by molar-refractivity contribution is -0.109. The lowest BCUT2D eigenvalue weighted by Crippen LogP contribution is -2.21. The fourth-order valence-corrected chi connectivity index (χ4v) is 1.03. The number of carbonyl (C=O) groups is 1. The fourth-order valence-electron chi connectivity index (χ4n) is 0.939. The molecule has 0 spiro atoms. The molecule has 0 aromatic rings. The zero-order valence-corrected chi connectivity index (χ0v) is 10.1. The van der Waals surface area contributed by atoms with Crippen LogP contribution in [0.1, 0.15) is 33.6 Å². The summed E-state index contributed by atoms with van der Waals surface area (Å²) in [6.07, 6.45) is 2.69. The molecule has 0 aromatic carbocycles. The number of carbonyl (C=O) groups excluding carboxylic acids is 1. The van der Waals surface area contributed by atoms with Gasteiger partial charge in [0.2, 0.25) is 6.41 Å². The van der Waals surface area contributed by atoms with E-state index in [1.165, 1.54) is 0 Å². The van der Waals surface area contributed by atoms with Gasteiger partial charge in [-0.05, 0) is 19.8 Å². The fraction of sp³-hybridized carbons (Fsp3) is 0.900. The molecule has 0 bridgehead atoms. The minimum absolute atomic E-state index is 0.0285. The summed E-state index contributed by atoms with van der Waals surface area (Å²) in [6, 6.07) is 0. The highest BCUT2D eigenvalue weighted by atomic mass is 32.1. The summed E-state index contributed by atoms with van der Waals surface area (Å²) in [6.45, 7) is 7.54. The first-order chi connectivity index (χ1) is 6.45. The molecule has 0 saturated carbocycles. The highest BCUT2D eigenvalue weighted by molar-refractivity contribution is 7.81. The van der Waals surface area contributed by atoms with Crippen LogP contribution in [0.15, 0.2) is 0 Å². The SMILES string of the molecule is CC(CCNC=O)OCCC(C)(C)S. The van der Waals surface area contributed by atoms with E-state index in [2.05, 4.69) is 31.8 Å². The summed E-state index contributed by atoms with van der Waals surface area (Å²) >= 11 is 4.40. The third-order valence-electron chi connectivity index (χ3n) is 1.89. The van der Waals surface area contributed by atoms with Crippen molar-refractivity contribution in [2.45, 2.75) is 44.5 Å². The Hall–Kier alpha value is -0.220. The van der Waals surface area contributed by atoms with Crippen LogP contribution in [0.5, 0.6) is 0 Å². The average Bonchev–Trinajstić information content (AvgIpc) is 2.02. The summed E-state index contributed by atoms with van der Waals surface area (Å²) < 4.78 is 5.59. The molecule has 0 aliphatic carbocycles. The van der Waals surface area contributed by atoms with Crippen molar-refractivity contribution in [2.24, 2.45) is 0 Å². The van der Waals surface area contributed by atoms with Gasteiger partial charge in [0.1, 0.15) is 0 Å². The van der Waals surface area contributed by atoms with Crippen molar-refractivity contribution in [3.05, 3.63) is 0 Å². The van der Waals surface area contributed by atoms with E-state index in [9.17, 15) is 4.79 Å². The normalized spacial score (nSPS) is 13.7. The van der Waals surface area contributed by atoms with Crippen LogP contribution in [-0.4, -0.2) is 30.4 Å². The summed E-state index contributed by atoms with van der Waals surface area (Å²) in [4.78, 5) is 9.97. The van der Waals surface area contributed by atoms with E-state index in [0.717, 1.165) is 19.4 Å². The Bertz CT molecular complexity index is 157. The van der Waals surface area contributed by atoms with Gasteiger partial charge < -0.3 is 10.1 Å². The standard InChI is InChI=1S/C10H21NO2S/c1-9(4-6-11-8-12)13-7-5-10(2,3)14/h8-9,14H,4-7H2,1-3H3,(H,11,12). The Morgan fingerprint density at radius 2 is 2.21 bits per heavy atom. The molecule has 0 aromatic heterocycles. The van der Waals surface area contributed by atoms with Crippen molar-refractivity contribution >= 4 is 19.0 Å². The molecule has 0 saturated heterocycles. The quantitative estimate of drug-likeness (QED) is 0.370. The number of thiol groups is 1. The molecule has 3 nitrogen and oxygen atoms in total. The van der Waals surface area contributed by atoms with Gasteiger partial charge in [-0.25, -0.2) is 0 Å². The molecule has 0 rings (SSSR count). The highest BCUT2D eigenvalue weighted by Crippen LogP contribution is 2.16. The zero-order chi connectivity index (χ0) is 11.0. The monoisotopic (exact) mass is 219 g/mol. The minimum atomic E-state index is 0.0285. The van der Waals surface area contributed by atoms with Gasteiger partial charge in [-0.3, -0.25) is 4.79 Å². The van der Waals surface area contributed by atoms with Gasteiger partial charge in [0.25, 0.3) is 0 Å². The van der Waals surface area contributed by atoms with Crippen LogP contribution in [0, 0.1) is 0 Å². The van der Waals surface area contributed by atoms with Crippen molar-refractivity contribution in [3.63, 3.8) is 0 Å². The molecule has 0 fully saturated rings. The molecule has 84 valence electrons. The van der Waals surface area contributed by atoms with Crippen LogP contribution in [0.2, 0.25) is 0 Å². The molecule has 0 aliphatic heterocycles. The van der Waals surface area contributed by atoms with Crippen LogP contribution < -0.4 is 5.32 Å². The second kappa shape index (κ2) is 7.12. The summed E-state index contributed by atoms with van der Waals surface area (Å²) in [5.74, 6) is 0. The molecule has 1 N–H and O–H groups in total. The second-order valence-electron chi connectivity index (χ2n) is 4.10. The van der Waals surface area contributed by atoms with Crippen molar-refractivity contribution in [1.29, 1.82) is 0 Å². The third kappa shape index (κ3) is 9.86. The van der Waals surface area contributed by atoms with Crippen LogP contribution in [0.3, 0.4) is 0 Å². The van der Waals surface area contributed by atoms with Gasteiger partial charge in [0.15, 0.2) is 0 Å². The highest BCUT2D eigenvalue weighted by Gasteiger charge is 2.11. The molecule has 1 unspecified atom stereocenters. The van der Waals surface area contributed by atoms with E-state index in [-0.39, 0.29) is 10.9 Å². The first-order valence-electron chi connectivity index (χ1n) is 4.97. The molecular formula is C10H21NO2S. The Labute approximate surface area is 92.0 Å². The van der Waals surface area contributed by atoms with Gasteiger partial charge in [0.05, 0.1) is 6.10 Å². The summed E-state index contributed by atoms with van der Waals surface area (Å²) in [5, 5.41) is 2.61. The zero-order valence-electron chi connectivity index (χ0n) is 9.25. The van der Waals surface area contributed by atoms with Crippen LogP contribution >= 0.6 is 12.6 Å². The van der Waals surface area contributed by atoms with Crippen LogP contribution in [-0.2, 0) is 9.53 Å².